The number of esters is 1. The number of benzene rings is 3. The molecule has 8 nitrogen and oxygen atoms in total. The van der Waals surface area contributed by atoms with Gasteiger partial charge in [-0.25, -0.2) is 9.79 Å². The van der Waals surface area contributed by atoms with Crippen molar-refractivity contribution >= 4 is 55.5 Å². The molecule has 0 aliphatic carbocycles. The Morgan fingerprint density at radius 2 is 1.77 bits per heavy atom. The average molecular weight is 602 g/mol. The van der Waals surface area contributed by atoms with Gasteiger partial charge in [-0.2, -0.15) is 0 Å². The van der Waals surface area contributed by atoms with Gasteiger partial charge < -0.3 is 14.2 Å². The fourth-order valence-corrected chi connectivity index (χ4v) is 4.07. The molecule has 0 spiro atoms. The first-order valence-corrected chi connectivity index (χ1v) is 12.0. The van der Waals surface area contributed by atoms with Crippen LogP contribution < -0.4 is 9.47 Å². The van der Waals surface area contributed by atoms with Crippen molar-refractivity contribution in [3.63, 3.8) is 0 Å². The summed E-state index contributed by atoms with van der Waals surface area (Å²) >= 11 is 6.95. The Bertz CT molecular complexity index is 1340. The van der Waals surface area contributed by atoms with E-state index in [1.165, 1.54) is 24.3 Å². The first kappa shape index (κ1) is 24.6. The van der Waals surface area contributed by atoms with Gasteiger partial charge in [0.2, 0.25) is 5.90 Å². The summed E-state index contributed by atoms with van der Waals surface area (Å²) in [7, 11) is 0. The van der Waals surface area contributed by atoms with Crippen LogP contribution in [0, 0.1) is 10.1 Å². The van der Waals surface area contributed by atoms with Crippen molar-refractivity contribution < 1.29 is 23.9 Å². The van der Waals surface area contributed by atoms with Gasteiger partial charge in [-0.3, -0.25) is 10.1 Å². The van der Waals surface area contributed by atoms with Crippen LogP contribution in [-0.2, 0) is 16.1 Å². The third kappa shape index (κ3) is 5.95. The van der Waals surface area contributed by atoms with Crippen molar-refractivity contribution in [2.75, 3.05) is 6.61 Å². The number of ether oxygens (including phenoxy) is 3. The molecular formula is C25H18Br2N2O6. The maximum atomic E-state index is 12.4. The van der Waals surface area contributed by atoms with Gasteiger partial charge in [-0.05, 0) is 76.5 Å². The topological polar surface area (TPSA) is 100 Å². The fraction of sp³-hybridized carbons (Fsp3) is 0.120. The second kappa shape index (κ2) is 10.8. The molecule has 0 N–H and O–H groups in total. The summed E-state index contributed by atoms with van der Waals surface area (Å²) in [6.45, 7) is 2.64. The molecule has 0 radical (unpaired) electrons. The summed E-state index contributed by atoms with van der Waals surface area (Å²) in [5.41, 5.74) is 2.13. The van der Waals surface area contributed by atoms with Gasteiger partial charge in [0.1, 0.15) is 6.61 Å². The Balaban J connectivity index is 1.59. The Labute approximate surface area is 217 Å². The number of carbonyl (C=O) groups excluding carboxylic acids is 1. The van der Waals surface area contributed by atoms with Gasteiger partial charge in [0, 0.05) is 22.2 Å². The maximum Gasteiger partial charge on any atom is 0.363 e. The lowest BCUT2D eigenvalue weighted by Crippen LogP contribution is -2.05. The average Bonchev–Trinajstić information content (AvgIpc) is 3.20. The minimum Gasteiger partial charge on any atom is -0.490 e. The summed E-state index contributed by atoms with van der Waals surface area (Å²) in [6.07, 6.45) is 1.58. The van der Waals surface area contributed by atoms with Crippen molar-refractivity contribution in [3.05, 3.63) is 102 Å². The number of hydrogen-bond acceptors (Lipinski definition) is 7. The zero-order valence-electron chi connectivity index (χ0n) is 18.4. The van der Waals surface area contributed by atoms with Crippen LogP contribution in [0.15, 0.2) is 80.3 Å². The molecule has 1 aliphatic rings. The molecular weight excluding hydrogens is 584 g/mol. The summed E-state index contributed by atoms with van der Waals surface area (Å²) < 4.78 is 18.7. The summed E-state index contributed by atoms with van der Waals surface area (Å²) in [5, 5.41) is 10.8. The summed E-state index contributed by atoms with van der Waals surface area (Å²) in [5.74, 6) is 0.510. The highest BCUT2D eigenvalue weighted by Crippen LogP contribution is 2.38. The molecule has 0 saturated carbocycles. The van der Waals surface area contributed by atoms with Crippen LogP contribution in [0.25, 0.3) is 6.08 Å². The van der Waals surface area contributed by atoms with E-state index >= 15 is 0 Å². The second-order valence-corrected chi connectivity index (χ2v) is 9.09. The standard InChI is InChI=1S/C25H18Br2N2O6/c1-2-33-22-13-16(11-20(27)23(22)34-14-15-3-7-18(26)8-4-15)12-21-25(30)35-24(28-21)17-5-9-19(10-6-17)29(31)32/h3-13H,2,14H2,1H3/b21-12-. The smallest absolute Gasteiger partial charge is 0.363 e. The second-order valence-electron chi connectivity index (χ2n) is 7.32. The Morgan fingerprint density at radius 1 is 1.06 bits per heavy atom. The van der Waals surface area contributed by atoms with Crippen molar-refractivity contribution in [3.8, 4) is 11.5 Å². The number of halogens is 2. The van der Waals surface area contributed by atoms with Gasteiger partial charge in [0.05, 0.1) is 16.0 Å². The fourth-order valence-electron chi connectivity index (χ4n) is 3.23. The molecule has 3 aromatic rings. The van der Waals surface area contributed by atoms with Gasteiger partial charge in [0.15, 0.2) is 17.2 Å². The molecule has 0 aromatic heterocycles. The molecule has 1 heterocycles. The first-order chi connectivity index (χ1) is 16.8. The zero-order chi connectivity index (χ0) is 24.9. The number of rotatable bonds is 8. The normalized spacial score (nSPS) is 14.0. The molecule has 35 heavy (non-hydrogen) atoms. The van der Waals surface area contributed by atoms with Crippen LogP contribution in [0.5, 0.6) is 11.5 Å². The van der Waals surface area contributed by atoms with E-state index in [4.69, 9.17) is 14.2 Å². The number of nitro groups is 1. The molecule has 178 valence electrons. The quantitative estimate of drug-likeness (QED) is 0.127. The maximum absolute atomic E-state index is 12.4. The third-order valence-corrected chi connectivity index (χ3v) is 5.99. The lowest BCUT2D eigenvalue weighted by molar-refractivity contribution is -0.384. The molecule has 0 fully saturated rings. The van der Waals surface area contributed by atoms with Crippen molar-refractivity contribution in [2.45, 2.75) is 13.5 Å². The minimum atomic E-state index is -0.622. The van der Waals surface area contributed by atoms with Crippen molar-refractivity contribution in [2.24, 2.45) is 4.99 Å². The number of carbonyl (C=O) groups is 1. The van der Waals surface area contributed by atoms with Crippen LogP contribution >= 0.6 is 31.9 Å². The SMILES string of the molecule is CCOc1cc(/C=C2\N=C(c3ccc([N+](=O)[O-])cc3)OC2=O)cc(Br)c1OCc1ccc(Br)cc1. The van der Waals surface area contributed by atoms with Crippen molar-refractivity contribution in [1.82, 2.24) is 0 Å². The highest BCUT2D eigenvalue weighted by Gasteiger charge is 2.25. The van der Waals surface area contributed by atoms with E-state index < -0.39 is 10.9 Å². The predicted molar refractivity (Wildman–Crippen MR) is 137 cm³/mol. The van der Waals surface area contributed by atoms with E-state index in [2.05, 4.69) is 36.9 Å². The third-order valence-electron chi connectivity index (χ3n) is 4.88. The van der Waals surface area contributed by atoms with E-state index in [1.54, 1.807) is 18.2 Å². The van der Waals surface area contributed by atoms with Crippen LogP contribution in [-0.4, -0.2) is 23.4 Å². The summed E-state index contributed by atoms with van der Waals surface area (Å²) in [4.78, 5) is 27.0. The number of nitro benzene ring substituents is 1. The number of aliphatic imine (C=N–C) groups is 1. The van der Waals surface area contributed by atoms with Gasteiger partial charge in [-0.1, -0.05) is 28.1 Å². The van der Waals surface area contributed by atoms with Crippen LogP contribution in [0.4, 0.5) is 5.69 Å². The molecule has 10 heteroatoms. The number of non-ortho nitro benzene ring substituents is 1. The molecule has 0 bridgehead atoms. The molecule has 3 aromatic carbocycles. The molecule has 0 saturated heterocycles. The molecule has 0 atom stereocenters. The van der Waals surface area contributed by atoms with Gasteiger partial charge in [0.25, 0.3) is 5.69 Å². The lowest BCUT2D eigenvalue weighted by atomic mass is 10.1. The largest absolute Gasteiger partial charge is 0.490 e. The van der Waals surface area contributed by atoms with E-state index in [0.29, 0.717) is 40.3 Å². The Kier molecular flexibility index (Phi) is 7.62. The molecule has 0 amide bonds. The van der Waals surface area contributed by atoms with E-state index in [-0.39, 0.29) is 17.3 Å². The molecule has 4 rings (SSSR count). The molecule has 1 aliphatic heterocycles. The predicted octanol–water partition coefficient (Wildman–Crippen LogP) is 6.44. The first-order valence-electron chi connectivity index (χ1n) is 10.4. The lowest BCUT2D eigenvalue weighted by Gasteiger charge is -2.15. The number of nitrogens with zero attached hydrogens (tertiary/aromatic N) is 2. The zero-order valence-corrected chi connectivity index (χ0v) is 21.5. The van der Waals surface area contributed by atoms with E-state index in [0.717, 1.165) is 10.0 Å². The monoisotopic (exact) mass is 600 g/mol. The number of cyclic esters (lactones) is 1. The van der Waals surface area contributed by atoms with Gasteiger partial charge >= 0.3 is 5.97 Å². The van der Waals surface area contributed by atoms with Crippen molar-refractivity contribution in [1.29, 1.82) is 0 Å². The molecule has 0 unspecified atom stereocenters. The van der Waals surface area contributed by atoms with E-state index in [1.807, 2.05) is 31.2 Å². The highest BCUT2D eigenvalue weighted by molar-refractivity contribution is 9.10. The van der Waals surface area contributed by atoms with Crippen LogP contribution in [0.2, 0.25) is 0 Å². The Hall–Kier alpha value is -3.50. The summed E-state index contributed by atoms with van der Waals surface area (Å²) in [6, 6.07) is 17.0. The minimum absolute atomic E-state index is 0.0646. The number of hydrogen-bond donors (Lipinski definition) is 0. The van der Waals surface area contributed by atoms with E-state index in [9.17, 15) is 14.9 Å². The highest BCUT2D eigenvalue weighted by atomic mass is 79.9. The van der Waals surface area contributed by atoms with Gasteiger partial charge in [-0.15, -0.1) is 0 Å². The van der Waals surface area contributed by atoms with Crippen LogP contribution in [0.1, 0.15) is 23.6 Å². The van der Waals surface area contributed by atoms with Crippen LogP contribution in [0.3, 0.4) is 0 Å². The Morgan fingerprint density at radius 3 is 2.43 bits per heavy atom.